The second kappa shape index (κ2) is 9.18. The third-order valence-corrected chi connectivity index (χ3v) is 4.50. The Morgan fingerprint density at radius 3 is 2.33 bits per heavy atom. The predicted octanol–water partition coefficient (Wildman–Crippen LogP) is 1.99. The summed E-state index contributed by atoms with van der Waals surface area (Å²) in [4.78, 5) is 47.4. The summed E-state index contributed by atoms with van der Waals surface area (Å²) < 4.78 is 6.99. The number of cyclic esters (lactones) is 1. The van der Waals surface area contributed by atoms with Gasteiger partial charge >= 0.3 is 18.1 Å². The number of carboxylic acids is 1. The van der Waals surface area contributed by atoms with Crippen LogP contribution in [0.4, 0.5) is 21.0 Å². The molecule has 1 aliphatic heterocycles. The first-order valence-electron chi connectivity index (χ1n) is 8.76. The molecule has 11 heteroatoms. The van der Waals surface area contributed by atoms with Crippen molar-refractivity contribution in [1.29, 1.82) is 0 Å². The van der Waals surface area contributed by atoms with E-state index in [1.807, 2.05) is 0 Å². The molecule has 0 saturated carbocycles. The number of carboxylic acid groups (broad SMARTS) is 1. The van der Waals surface area contributed by atoms with Crippen LogP contribution in [0, 0.1) is 0 Å². The highest BCUT2D eigenvalue weighted by Gasteiger charge is 2.36. The average Bonchev–Trinajstić information content (AvgIpc) is 3.14. The van der Waals surface area contributed by atoms with E-state index in [-0.39, 0.29) is 19.0 Å². The molecule has 4 amide bonds. The molecule has 30 heavy (non-hydrogen) atoms. The quantitative estimate of drug-likeness (QED) is 0.445. The van der Waals surface area contributed by atoms with Gasteiger partial charge in [-0.2, -0.15) is 0 Å². The van der Waals surface area contributed by atoms with E-state index >= 15 is 0 Å². The summed E-state index contributed by atoms with van der Waals surface area (Å²) >= 11 is 3.69. The molecule has 10 nitrogen and oxygen atoms in total. The number of nitrogens with one attached hydrogen (secondary N) is 3. The summed E-state index contributed by atoms with van der Waals surface area (Å²) in [6, 6.07) is 12.6. The second-order valence-electron chi connectivity index (χ2n) is 6.31. The van der Waals surface area contributed by atoms with Crippen molar-refractivity contribution in [2.24, 2.45) is 0 Å². The second-order valence-corrected chi connectivity index (χ2v) is 6.54. The summed E-state index contributed by atoms with van der Waals surface area (Å²) in [7, 11) is 0. The topological polar surface area (TPSA) is 137 Å². The number of hydrogen-bond acceptors (Lipinski definition) is 6. The minimum atomic E-state index is -1.20. The van der Waals surface area contributed by atoms with E-state index in [4.69, 9.17) is 9.84 Å². The van der Waals surface area contributed by atoms with E-state index in [0.717, 1.165) is 5.56 Å². The number of anilines is 2. The Morgan fingerprint density at radius 2 is 1.77 bits per heavy atom. The lowest BCUT2D eigenvalue weighted by Gasteiger charge is -2.13. The third kappa shape index (κ3) is 5.00. The smallest absolute Gasteiger partial charge is 0.415 e. The summed E-state index contributed by atoms with van der Waals surface area (Å²) in [5.74, 6) is -1.55. The van der Waals surface area contributed by atoms with E-state index in [1.54, 1.807) is 48.5 Å². The Bertz CT molecular complexity index is 964. The number of amides is 4. The van der Waals surface area contributed by atoms with Gasteiger partial charge < -0.3 is 20.5 Å². The first-order valence-corrected chi connectivity index (χ1v) is 9.21. The van der Waals surface area contributed by atoms with Crippen LogP contribution in [0.1, 0.15) is 15.9 Å². The van der Waals surface area contributed by atoms with E-state index in [2.05, 4.69) is 28.2 Å². The van der Waals surface area contributed by atoms with E-state index in [9.17, 15) is 19.2 Å². The minimum absolute atomic E-state index is 0.0669. The van der Waals surface area contributed by atoms with Crippen molar-refractivity contribution in [3.05, 3.63) is 59.7 Å². The Morgan fingerprint density at radius 1 is 1.10 bits per heavy atom. The van der Waals surface area contributed by atoms with Crippen LogP contribution in [-0.2, 0) is 16.1 Å². The first-order chi connectivity index (χ1) is 14.4. The van der Waals surface area contributed by atoms with Crippen molar-refractivity contribution in [3.8, 4) is 0 Å². The molecule has 1 unspecified atom stereocenters. The highest BCUT2D eigenvalue weighted by molar-refractivity contribution is 7.78. The fraction of sp³-hybridized carbons (Fsp3) is 0.158. The van der Waals surface area contributed by atoms with Gasteiger partial charge in [0, 0.05) is 23.5 Å². The van der Waals surface area contributed by atoms with Crippen LogP contribution in [0.25, 0.3) is 0 Å². The number of ether oxygens (including phenoxy) is 1. The highest BCUT2D eigenvalue weighted by atomic mass is 32.1. The zero-order chi connectivity index (χ0) is 21.7. The molecule has 0 aliphatic carbocycles. The molecule has 156 valence electrons. The van der Waals surface area contributed by atoms with Gasteiger partial charge in [-0.3, -0.25) is 14.4 Å². The molecular weight excluding hydrogens is 412 g/mol. The van der Waals surface area contributed by atoms with Crippen LogP contribution in [0.5, 0.6) is 0 Å². The lowest BCUT2D eigenvalue weighted by molar-refractivity contribution is -0.144. The van der Waals surface area contributed by atoms with Gasteiger partial charge in [-0.1, -0.05) is 24.9 Å². The molecule has 0 radical (unpaired) electrons. The van der Waals surface area contributed by atoms with Crippen LogP contribution in [0.2, 0.25) is 0 Å². The first kappa shape index (κ1) is 21.0. The van der Waals surface area contributed by atoms with Gasteiger partial charge in [0.05, 0.1) is 6.54 Å². The molecule has 0 bridgehead atoms. The number of benzene rings is 2. The number of rotatable bonds is 6. The molecule has 3 rings (SSSR count). The number of aliphatic carboxylic acids is 1. The molecule has 4 N–H and O–H groups in total. The number of carbonyl (C=O) groups is 4. The maximum absolute atomic E-state index is 12.0. The molecule has 2 aromatic rings. The molecule has 1 heterocycles. The van der Waals surface area contributed by atoms with Crippen LogP contribution < -0.4 is 20.3 Å². The number of nitrogens with zero attached hydrogens (tertiary/aromatic N) is 1. The lowest BCUT2D eigenvalue weighted by atomic mass is 10.2. The molecular formula is C19H18N4O6S. The number of urea groups is 1. The van der Waals surface area contributed by atoms with Crippen LogP contribution >= 0.6 is 12.8 Å². The van der Waals surface area contributed by atoms with Crippen molar-refractivity contribution < 1.29 is 29.0 Å². The molecule has 1 fully saturated rings. The van der Waals surface area contributed by atoms with Gasteiger partial charge in [-0.05, 0) is 42.0 Å². The maximum Gasteiger partial charge on any atom is 0.415 e. The fourth-order valence-electron chi connectivity index (χ4n) is 2.72. The van der Waals surface area contributed by atoms with Crippen LogP contribution in [0.3, 0.4) is 0 Å². The number of carbonyl (C=O) groups excluding carboxylic acids is 3. The molecule has 0 spiro atoms. The van der Waals surface area contributed by atoms with Crippen molar-refractivity contribution in [3.63, 3.8) is 0 Å². The van der Waals surface area contributed by atoms with Crippen molar-refractivity contribution >= 4 is 48.2 Å². The van der Waals surface area contributed by atoms with Gasteiger partial charge in [0.15, 0.2) is 0 Å². The molecule has 2 aromatic carbocycles. The molecule has 1 atom stereocenters. The van der Waals surface area contributed by atoms with Gasteiger partial charge in [0.1, 0.15) is 0 Å². The summed E-state index contributed by atoms with van der Waals surface area (Å²) in [6.07, 6.45) is -1.91. The zero-order valence-electron chi connectivity index (χ0n) is 15.5. The number of thiol groups is 1. The fourth-order valence-corrected chi connectivity index (χ4v) is 2.85. The lowest BCUT2D eigenvalue weighted by Crippen LogP contribution is -2.28. The van der Waals surface area contributed by atoms with Gasteiger partial charge in [0.2, 0.25) is 6.10 Å². The zero-order valence-corrected chi connectivity index (χ0v) is 16.4. The van der Waals surface area contributed by atoms with Crippen LogP contribution in [0.15, 0.2) is 48.5 Å². The van der Waals surface area contributed by atoms with Crippen molar-refractivity contribution in [2.45, 2.75) is 12.6 Å². The Balaban J connectivity index is 1.51. The van der Waals surface area contributed by atoms with Crippen molar-refractivity contribution in [1.82, 2.24) is 10.0 Å². The summed E-state index contributed by atoms with van der Waals surface area (Å²) in [5, 5.41) is 14.3. The van der Waals surface area contributed by atoms with E-state index in [1.165, 1.54) is 4.90 Å². The van der Waals surface area contributed by atoms with Gasteiger partial charge in [-0.25, -0.2) is 14.4 Å². The Hall–Kier alpha value is -3.73. The normalized spacial score (nSPS) is 15.3. The van der Waals surface area contributed by atoms with Gasteiger partial charge in [-0.15, -0.1) is 0 Å². The van der Waals surface area contributed by atoms with Crippen molar-refractivity contribution in [2.75, 3.05) is 16.8 Å². The summed E-state index contributed by atoms with van der Waals surface area (Å²) in [6.45, 7) is 0.164. The number of hydrogen-bond donors (Lipinski definition) is 5. The molecule has 0 aromatic heterocycles. The molecule has 1 saturated heterocycles. The Kier molecular flexibility index (Phi) is 6.42. The standard InChI is InChI=1S/C19H18N4O6S/c24-16(22-30)12-3-5-13(6-4-12)21-18(27)20-9-11-1-7-14(8-2-11)23-10-15(17(25)26)29-19(23)28/h1-8,15,30H,9-10H2,(H,22,24)(H,25,26)(H2,20,21,27). The van der Waals surface area contributed by atoms with E-state index in [0.29, 0.717) is 16.9 Å². The Labute approximate surface area is 176 Å². The molecule has 1 aliphatic rings. The monoisotopic (exact) mass is 430 g/mol. The van der Waals surface area contributed by atoms with E-state index < -0.39 is 24.2 Å². The van der Waals surface area contributed by atoms with Gasteiger partial charge in [0.25, 0.3) is 5.91 Å². The predicted molar refractivity (Wildman–Crippen MR) is 110 cm³/mol. The highest BCUT2D eigenvalue weighted by Crippen LogP contribution is 2.22. The SMILES string of the molecule is O=C(NCc1ccc(N2CC(C(=O)O)OC2=O)cc1)Nc1ccc(C(=O)NS)cc1. The third-order valence-electron chi connectivity index (χ3n) is 4.29. The largest absolute Gasteiger partial charge is 0.478 e. The van der Waals surface area contributed by atoms with Crippen LogP contribution in [-0.4, -0.2) is 41.8 Å². The average molecular weight is 430 g/mol. The maximum atomic E-state index is 12.0. The summed E-state index contributed by atoms with van der Waals surface area (Å²) in [5.41, 5.74) is 2.20. The minimum Gasteiger partial charge on any atom is -0.478 e.